The van der Waals surface area contributed by atoms with Crippen molar-refractivity contribution in [2.24, 2.45) is 0 Å². The summed E-state index contributed by atoms with van der Waals surface area (Å²) in [5.74, 6) is -0.704. The lowest BCUT2D eigenvalue weighted by Gasteiger charge is -2.32. The molecule has 0 spiro atoms. The van der Waals surface area contributed by atoms with E-state index in [4.69, 9.17) is 4.74 Å². The van der Waals surface area contributed by atoms with Crippen LogP contribution in [0.1, 0.15) is 50.3 Å². The SMILES string of the molecule is CCOC(=O)N1C2CCC([C@@H]1CC)N2C.OC(c1ccc(F)cc1)c1ccc(F)cc1. The van der Waals surface area contributed by atoms with Gasteiger partial charge < -0.3 is 9.84 Å². The van der Waals surface area contributed by atoms with Gasteiger partial charge in [-0.25, -0.2) is 13.6 Å². The van der Waals surface area contributed by atoms with Crippen LogP contribution in [0.4, 0.5) is 13.6 Å². The Kier molecular flexibility index (Phi) is 7.62. The van der Waals surface area contributed by atoms with Gasteiger partial charge in [0.25, 0.3) is 0 Å². The summed E-state index contributed by atoms with van der Waals surface area (Å²) < 4.78 is 30.5. The number of aliphatic hydroxyl groups is 1. The largest absolute Gasteiger partial charge is 0.450 e. The van der Waals surface area contributed by atoms with Crippen LogP contribution in [0.25, 0.3) is 0 Å². The molecular weight excluding hydrogens is 402 g/mol. The molecule has 2 bridgehead atoms. The van der Waals surface area contributed by atoms with Gasteiger partial charge >= 0.3 is 6.09 Å². The van der Waals surface area contributed by atoms with Gasteiger partial charge in [0.15, 0.2) is 0 Å². The molecule has 4 rings (SSSR count). The third-order valence-corrected chi connectivity index (χ3v) is 6.10. The fraction of sp³-hybridized carbons (Fsp3) is 0.458. The normalized spacial score (nSPS) is 22.4. The number of halogens is 2. The highest BCUT2D eigenvalue weighted by atomic mass is 19.1. The second-order valence-electron chi connectivity index (χ2n) is 7.88. The maximum Gasteiger partial charge on any atom is 0.411 e. The third kappa shape index (κ3) is 5.05. The number of likely N-dealkylation sites (tertiary alicyclic amines) is 1. The number of nitrogens with zero attached hydrogens (tertiary/aromatic N) is 2. The number of fused-ring (bicyclic) bond motifs is 2. The van der Waals surface area contributed by atoms with E-state index in [2.05, 4.69) is 18.9 Å². The van der Waals surface area contributed by atoms with Crippen molar-refractivity contribution in [2.45, 2.75) is 57.5 Å². The fourth-order valence-corrected chi connectivity index (χ4v) is 4.56. The number of carbonyl (C=O) groups is 1. The molecule has 2 aliphatic heterocycles. The van der Waals surface area contributed by atoms with Gasteiger partial charge in [-0.2, -0.15) is 0 Å². The molecule has 1 amide bonds. The molecule has 5 nitrogen and oxygen atoms in total. The molecule has 2 heterocycles. The number of carbonyl (C=O) groups excluding carboxylic acids is 1. The van der Waals surface area contributed by atoms with Crippen LogP contribution in [0.3, 0.4) is 0 Å². The average molecular weight is 433 g/mol. The van der Waals surface area contributed by atoms with Crippen molar-refractivity contribution in [3.05, 3.63) is 71.3 Å². The highest BCUT2D eigenvalue weighted by molar-refractivity contribution is 5.69. The second kappa shape index (κ2) is 10.2. The van der Waals surface area contributed by atoms with E-state index in [1.165, 1.54) is 55.0 Å². The minimum Gasteiger partial charge on any atom is -0.450 e. The van der Waals surface area contributed by atoms with E-state index in [-0.39, 0.29) is 23.9 Å². The predicted octanol–water partition coefficient (Wildman–Crippen LogP) is 4.70. The lowest BCUT2D eigenvalue weighted by molar-refractivity contribution is 0.0696. The quantitative estimate of drug-likeness (QED) is 0.761. The first-order valence-corrected chi connectivity index (χ1v) is 10.7. The lowest BCUT2D eigenvalue weighted by Crippen LogP contribution is -2.46. The standard InChI is InChI=1S/C13H10F2O.C11H20N2O2/c14-11-5-1-9(2-6-11)13(16)10-3-7-12(15)8-4-10;1-4-8-9-6-7-10(12(9)3)13(8)11(14)15-5-2/h1-8,13,16H;8-10H,4-7H2,1-3H3/t;8-,9?,10?/m.0/s1. The second-order valence-corrected chi connectivity index (χ2v) is 7.88. The fourth-order valence-electron chi connectivity index (χ4n) is 4.56. The molecule has 0 aromatic heterocycles. The van der Waals surface area contributed by atoms with Crippen molar-refractivity contribution in [1.82, 2.24) is 9.80 Å². The number of hydrogen-bond acceptors (Lipinski definition) is 4. The van der Waals surface area contributed by atoms with Gasteiger partial charge in [0.1, 0.15) is 17.7 Å². The summed E-state index contributed by atoms with van der Waals surface area (Å²) in [6, 6.07) is 12.0. The molecule has 2 aliphatic rings. The highest BCUT2D eigenvalue weighted by Gasteiger charge is 2.51. The Morgan fingerprint density at radius 1 is 1.03 bits per heavy atom. The molecular formula is C24H30F2N2O3. The van der Waals surface area contributed by atoms with E-state index < -0.39 is 6.10 Å². The molecule has 2 aromatic rings. The Bertz CT molecular complexity index is 815. The van der Waals surface area contributed by atoms with Gasteiger partial charge in [-0.3, -0.25) is 9.80 Å². The van der Waals surface area contributed by atoms with Gasteiger partial charge in [-0.15, -0.1) is 0 Å². The molecule has 168 valence electrons. The molecule has 3 atom stereocenters. The molecule has 0 saturated carbocycles. The summed E-state index contributed by atoms with van der Waals surface area (Å²) in [7, 11) is 2.12. The van der Waals surface area contributed by atoms with Gasteiger partial charge in [0.2, 0.25) is 0 Å². The van der Waals surface area contributed by atoms with Crippen molar-refractivity contribution < 1.29 is 23.4 Å². The first-order chi connectivity index (χ1) is 14.9. The molecule has 7 heteroatoms. The van der Waals surface area contributed by atoms with Gasteiger partial charge in [-0.05, 0) is 68.6 Å². The van der Waals surface area contributed by atoms with Crippen LogP contribution in [-0.4, -0.2) is 52.9 Å². The lowest BCUT2D eigenvalue weighted by atomic mass is 10.00. The summed E-state index contributed by atoms with van der Waals surface area (Å²) in [6.07, 6.45) is 2.61. The molecule has 0 aliphatic carbocycles. The number of piperidine rings is 1. The first-order valence-electron chi connectivity index (χ1n) is 10.7. The van der Waals surface area contributed by atoms with Crippen LogP contribution < -0.4 is 0 Å². The van der Waals surface area contributed by atoms with Gasteiger partial charge in [0.05, 0.1) is 18.8 Å². The number of benzene rings is 2. The number of aliphatic hydroxyl groups excluding tert-OH is 1. The summed E-state index contributed by atoms with van der Waals surface area (Å²) in [5, 5.41) is 9.93. The van der Waals surface area contributed by atoms with E-state index >= 15 is 0 Å². The van der Waals surface area contributed by atoms with Crippen molar-refractivity contribution in [3.8, 4) is 0 Å². The van der Waals surface area contributed by atoms with Crippen LogP contribution in [0.5, 0.6) is 0 Å². The van der Waals surface area contributed by atoms with E-state index in [1.54, 1.807) is 0 Å². The summed E-state index contributed by atoms with van der Waals surface area (Å²) in [5.41, 5.74) is 1.15. The van der Waals surface area contributed by atoms with Crippen LogP contribution >= 0.6 is 0 Å². The Labute approximate surface area is 182 Å². The Morgan fingerprint density at radius 3 is 2.00 bits per heavy atom. The highest BCUT2D eigenvalue weighted by Crippen LogP contribution is 2.39. The molecule has 2 aromatic carbocycles. The number of ether oxygens (including phenoxy) is 1. The van der Waals surface area contributed by atoms with Crippen molar-refractivity contribution >= 4 is 6.09 Å². The van der Waals surface area contributed by atoms with E-state index in [0.717, 1.165) is 12.8 Å². The molecule has 31 heavy (non-hydrogen) atoms. The summed E-state index contributed by atoms with van der Waals surface area (Å²) >= 11 is 0. The number of amides is 1. The summed E-state index contributed by atoms with van der Waals surface area (Å²) in [6.45, 7) is 4.47. The third-order valence-electron chi connectivity index (χ3n) is 6.10. The number of rotatable bonds is 4. The van der Waals surface area contributed by atoms with Crippen molar-refractivity contribution in [1.29, 1.82) is 0 Å². The van der Waals surface area contributed by atoms with Crippen LogP contribution in [0.15, 0.2) is 48.5 Å². The molecule has 1 N–H and O–H groups in total. The molecule has 0 radical (unpaired) electrons. The molecule has 2 unspecified atom stereocenters. The molecule has 2 fully saturated rings. The van der Waals surface area contributed by atoms with Crippen molar-refractivity contribution in [2.75, 3.05) is 13.7 Å². The maximum atomic E-state index is 12.7. The monoisotopic (exact) mass is 432 g/mol. The summed E-state index contributed by atoms with van der Waals surface area (Å²) in [4.78, 5) is 16.1. The zero-order valence-corrected chi connectivity index (χ0v) is 18.2. The zero-order chi connectivity index (χ0) is 22.5. The predicted molar refractivity (Wildman–Crippen MR) is 114 cm³/mol. The Balaban J connectivity index is 0.000000176. The van der Waals surface area contributed by atoms with Gasteiger partial charge in [0, 0.05) is 6.04 Å². The molecule has 2 saturated heterocycles. The van der Waals surface area contributed by atoms with E-state index in [0.29, 0.717) is 29.8 Å². The number of likely N-dealkylation sites (N-methyl/N-ethyl adjacent to an activating group) is 1. The Hall–Kier alpha value is -2.51. The zero-order valence-electron chi connectivity index (χ0n) is 18.2. The van der Waals surface area contributed by atoms with Crippen LogP contribution in [-0.2, 0) is 4.74 Å². The van der Waals surface area contributed by atoms with Crippen LogP contribution in [0, 0.1) is 11.6 Å². The Morgan fingerprint density at radius 2 is 1.55 bits per heavy atom. The average Bonchev–Trinajstić information content (AvgIpc) is 3.27. The van der Waals surface area contributed by atoms with Crippen molar-refractivity contribution in [3.63, 3.8) is 0 Å². The number of hydrogen-bond donors (Lipinski definition) is 1. The smallest absolute Gasteiger partial charge is 0.411 e. The first kappa shape index (κ1) is 23.2. The van der Waals surface area contributed by atoms with E-state index in [9.17, 15) is 18.7 Å². The van der Waals surface area contributed by atoms with E-state index in [1.807, 2.05) is 11.8 Å². The maximum absolute atomic E-state index is 12.7. The van der Waals surface area contributed by atoms with Crippen LogP contribution in [0.2, 0.25) is 0 Å². The minimum atomic E-state index is -0.860. The minimum absolute atomic E-state index is 0.136. The van der Waals surface area contributed by atoms with Gasteiger partial charge in [-0.1, -0.05) is 31.2 Å². The topological polar surface area (TPSA) is 53.0 Å².